The van der Waals surface area contributed by atoms with Crippen molar-refractivity contribution < 1.29 is 4.92 Å². The smallest absolute Gasteiger partial charge is 0.269 e. The molecule has 0 N–H and O–H groups in total. The summed E-state index contributed by atoms with van der Waals surface area (Å²) in [7, 11) is 0. The molecule has 0 aliphatic rings. The van der Waals surface area contributed by atoms with Crippen molar-refractivity contribution in [1.82, 2.24) is 0 Å². The Morgan fingerprint density at radius 3 is 2.53 bits per heavy atom. The van der Waals surface area contributed by atoms with Gasteiger partial charge < -0.3 is 0 Å². The average Bonchev–Trinajstić information content (AvgIpc) is 2.26. The van der Waals surface area contributed by atoms with Crippen molar-refractivity contribution in [3.8, 4) is 0 Å². The van der Waals surface area contributed by atoms with Crippen LogP contribution in [0.4, 0.5) is 5.69 Å². The number of hydrogen-bond acceptors (Lipinski definition) is 3. The van der Waals surface area contributed by atoms with Gasteiger partial charge in [-0.1, -0.05) is 18.5 Å². The number of aliphatic imine (C=N–C) groups is 1. The van der Waals surface area contributed by atoms with E-state index in [1.165, 1.54) is 12.1 Å². The zero-order chi connectivity index (χ0) is 11.3. The van der Waals surface area contributed by atoms with E-state index in [1.54, 1.807) is 12.1 Å². The van der Waals surface area contributed by atoms with Crippen molar-refractivity contribution >= 4 is 22.5 Å². The van der Waals surface area contributed by atoms with Crippen LogP contribution in [0.1, 0.15) is 18.9 Å². The highest BCUT2D eigenvalue weighted by Gasteiger charge is 2.05. The third-order valence-electron chi connectivity index (χ3n) is 1.79. The fourth-order valence-electron chi connectivity index (χ4n) is 1.02. The molecule has 0 saturated heterocycles. The SMILES string of the molecule is CCCN=C(Cl)c1ccc([N+](=O)[O-])cc1. The average molecular weight is 227 g/mol. The number of benzene rings is 1. The molecule has 0 aromatic heterocycles. The van der Waals surface area contributed by atoms with Crippen LogP contribution in [0.25, 0.3) is 0 Å². The molecule has 1 aromatic carbocycles. The van der Waals surface area contributed by atoms with E-state index in [-0.39, 0.29) is 5.69 Å². The lowest BCUT2D eigenvalue weighted by atomic mass is 10.2. The summed E-state index contributed by atoms with van der Waals surface area (Å²) >= 11 is 5.90. The molecule has 0 saturated carbocycles. The second-order valence-corrected chi connectivity index (χ2v) is 3.33. The molecule has 0 heterocycles. The lowest BCUT2D eigenvalue weighted by Crippen LogP contribution is -1.94. The maximum atomic E-state index is 10.4. The van der Waals surface area contributed by atoms with Crippen molar-refractivity contribution in [3.63, 3.8) is 0 Å². The van der Waals surface area contributed by atoms with Gasteiger partial charge >= 0.3 is 0 Å². The van der Waals surface area contributed by atoms with Crippen LogP contribution in [0.5, 0.6) is 0 Å². The van der Waals surface area contributed by atoms with E-state index in [4.69, 9.17) is 11.6 Å². The van der Waals surface area contributed by atoms with Crippen LogP contribution in [0.2, 0.25) is 0 Å². The van der Waals surface area contributed by atoms with Gasteiger partial charge in [-0.3, -0.25) is 15.1 Å². The maximum absolute atomic E-state index is 10.4. The van der Waals surface area contributed by atoms with E-state index in [9.17, 15) is 10.1 Å². The minimum Gasteiger partial charge on any atom is -0.273 e. The largest absolute Gasteiger partial charge is 0.273 e. The molecule has 0 radical (unpaired) electrons. The van der Waals surface area contributed by atoms with Crippen LogP contribution in [-0.4, -0.2) is 16.6 Å². The summed E-state index contributed by atoms with van der Waals surface area (Å²) in [6.45, 7) is 2.67. The van der Waals surface area contributed by atoms with Crippen LogP contribution in [0.15, 0.2) is 29.3 Å². The first-order chi connectivity index (χ1) is 7.15. The number of nitrogens with zero attached hydrogens (tertiary/aromatic N) is 2. The van der Waals surface area contributed by atoms with Gasteiger partial charge in [-0.05, 0) is 18.6 Å². The summed E-state index contributed by atoms with van der Waals surface area (Å²) in [6.07, 6.45) is 0.920. The number of hydrogen-bond donors (Lipinski definition) is 0. The van der Waals surface area contributed by atoms with Crippen LogP contribution >= 0.6 is 11.6 Å². The summed E-state index contributed by atoms with van der Waals surface area (Å²) in [4.78, 5) is 14.1. The minimum atomic E-state index is -0.444. The number of rotatable bonds is 4. The highest BCUT2D eigenvalue weighted by molar-refractivity contribution is 6.69. The van der Waals surface area contributed by atoms with Crippen molar-refractivity contribution in [2.24, 2.45) is 4.99 Å². The number of non-ortho nitro benzene ring substituents is 1. The first-order valence-corrected chi connectivity index (χ1v) is 4.97. The molecule has 1 aromatic rings. The van der Waals surface area contributed by atoms with Crippen LogP contribution < -0.4 is 0 Å². The number of nitro benzene ring substituents is 1. The lowest BCUT2D eigenvalue weighted by molar-refractivity contribution is -0.384. The Morgan fingerprint density at radius 1 is 1.47 bits per heavy atom. The molecular weight excluding hydrogens is 216 g/mol. The molecule has 0 aliphatic heterocycles. The molecule has 0 spiro atoms. The van der Waals surface area contributed by atoms with E-state index in [2.05, 4.69) is 4.99 Å². The van der Waals surface area contributed by atoms with Crippen molar-refractivity contribution in [2.45, 2.75) is 13.3 Å². The zero-order valence-electron chi connectivity index (χ0n) is 8.31. The second-order valence-electron chi connectivity index (χ2n) is 2.98. The van der Waals surface area contributed by atoms with Gasteiger partial charge in [0.05, 0.1) is 4.92 Å². The topological polar surface area (TPSA) is 55.5 Å². The summed E-state index contributed by atoms with van der Waals surface area (Å²) < 4.78 is 0. The Balaban J connectivity index is 2.84. The number of nitro groups is 1. The van der Waals surface area contributed by atoms with Crippen LogP contribution in [0, 0.1) is 10.1 Å². The van der Waals surface area contributed by atoms with E-state index in [0.717, 1.165) is 6.42 Å². The summed E-state index contributed by atoms with van der Waals surface area (Å²) in [5.41, 5.74) is 0.759. The van der Waals surface area contributed by atoms with E-state index in [0.29, 0.717) is 17.3 Å². The molecule has 5 heteroatoms. The summed E-state index contributed by atoms with van der Waals surface area (Å²) in [5.74, 6) is 0. The van der Waals surface area contributed by atoms with Crippen molar-refractivity contribution in [3.05, 3.63) is 39.9 Å². The quantitative estimate of drug-likeness (QED) is 0.450. The zero-order valence-corrected chi connectivity index (χ0v) is 9.07. The van der Waals surface area contributed by atoms with Gasteiger partial charge in [0.2, 0.25) is 0 Å². The molecule has 0 bridgehead atoms. The van der Waals surface area contributed by atoms with E-state index in [1.807, 2.05) is 6.92 Å². The molecular formula is C10H11ClN2O2. The Bertz CT molecular complexity index is 374. The molecule has 0 aliphatic carbocycles. The Morgan fingerprint density at radius 2 is 2.07 bits per heavy atom. The van der Waals surface area contributed by atoms with Gasteiger partial charge in [0, 0.05) is 24.2 Å². The van der Waals surface area contributed by atoms with Crippen LogP contribution in [0.3, 0.4) is 0 Å². The normalized spacial score (nSPS) is 11.5. The third-order valence-corrected chi connectivity index (χ3v) is 2.13. The fraction of sp³-hybridized carbons (Fsp3) is 0.300. The maximum Gasteiger partial charge on any atom is 0.269 e. The van der Waals surface area contributed by atoms with Gasteiger partial charge in [0.1, 0.15) is 5.17 Å². The molecule has 0 unspecified atom stereocenters. The summed E-state index contributed by atoms with van der Waals surface area (Å²) in [6, 6.07) is 6.03. The predicted octanol–water partition coefficient (Wildman–Crippen LogP) is 2.99. The Labute approximate surface area is 92.7 Å². The number of halogens is 1. The van der Waals surface area contributed by atoms with E-state index < -0.39 is 4.92 Å². The lowest BCUT2D eigenvalue weighted by Gasteiger charge is -1.97. The predicted molar refractivity (Wildman–Crippen MR) is 60.6 cm³/mol. The monoisotopic (exact) mass is 226 g/mol. The molecule has 1 rings (SSSR count). The van der Waals surface area contributed by atoms with Gasteiger partial charge in [-0.15, -0.1) is 0 Å². The molecule has 0 fully saturated rings. The highest BCUT2D eigenvalue weighted by atomic mass is 35.5. The third kappa shape index (κ3) is 3.32. The molecule has 80 valence electrons. The molecule has 4 nitrogen and oxygen atoms in total. The standard InChI is InChI=1S/C10H11ClN2O2/c1-2-7-12-10(11)8-3-5-9(6-4-8)13(14)15/h3-6H,2,7H2,1H3. The highest BCUT2D eigenvalue weighted by Crippen LogP contribution is 2.13. The second kappa shape index (κ2) is 5.46. The van der Waals surface area contributed by atoms with Crippen molar-refractivity contribution in [1.29, 1.82) is 0 Å². The van der Waals surface area contributed by atoms with Gasteiger partial charge in [-0.2, -0.15) is 0 Å². The van der Waals surface area contributed by atoms with Gasteiger partial charge in [-0.25, -0.2) is 0 Å². The minimum absolute atomic E-state index is 0.0544. The Hall–Kier alpha value is -1.42. The fourth-order valence-corrected chi connectivity index (χ4v) is 1.23. The molecule has 15 heavy (non-hydrogen) atoms. The Kier molecular flexibility index (Phi) is 4.24. The van der Waals surface area contributed by atoms with Crippen molar-refractivity contribution in [2.75, 3.05) is 6.54 Å². The van der Waals surface area contributed by atoms with Crippen LogP contribution in [-0.2, 0) is 0 Å². The molecule has 0 atom stereocenters. The van der Waals surface area contributed by atoms with Gasteiger partial charge in [0.15, 0.2) is 0 Å². The first-order valence-electron chi connectivity index (χ1n) is 4.60. The van der Waals surface area contributed by atoms with E-state index >= 15 is 0 Å². The summed E-state index contributed by atoms with van der Waals surface area (Å²) in [5, 5.41) is 10.8. The molecule has 0 amide bonds. The van der Waals surface area contributed by atoms with Gasteiger partial charge in [0.25, 0.3) is 5.69 Å². The first kappa shape index (κ1) is 11.7.